The van der Waals surface area contributed by atoms with E-state index in [4.69, 9.17) is 0 Å². The number of benzene rings is 1. The summed E-state index contributed by atoms with van der Waals surface area (Å²) in [7, 11) is 0. The third-order valence-corrected chi connectivity index (χ3v) is 4.66. The van der Waals surface area contributed by atoms with E-state index in [0.29, 0.717) is 18.7 Å². The fourth-order valence-electron chi connectivity index (χ4n) is 3.25. The van der Waals surface area contributed by atoms with Gasteiger partial charge in [0.25, 0.3) is 5.91 Å². The molecule has 1 aliphatic heterocycles. The van der Waals surface area contributed by atoms with Crippen LogP contribution >= 0.6 is 0 Å². The summed E-state index contributed by atoms with van der Waals surface area (Å²) in [5.41, 5.74) is 1.32. The zero-order valence-electron chi connectivity index (χ0n) is 15.1. The molecule has 0 spiro atoms. The number of nitrogens with zero attached hydrogens (tertiary/aromatic N) is 1. The predicted octanol–water partition coefficient (Wildman–Crippen LogP) is 0.578. The molecule has 0 saturated heterocycles. The summed E-state index contributed by atoms with van der Waals surface area (Å²) in [6, 6.07) is 6.71. The Hall–Kier alpha value is -2.41. The van der Waals surface area contributed by atoms with Crippen molar-refractivity contribution >= 4 is 17.7 Å². The van der Waals surface area contributed by atoms with Crippen molar-refractivity contribution in [2.45, 2.75) is 38.3 Å². The van der Waals surface area contributed by atoms with E-state index in [9.17, 15) is 14.4 Å². The second-order valence-corrected chi connectivity index (χ2v) is 6.75. The molecule has 0 aromatic heterocycles. The maximum absolute atomic E-state index is 12.7. The average Bonchev–Trinajstić information content (AvgIpc) is 3.44. The first-order valence-corrected chi connectivity index (χ1v) is 9.30. The topological polar surface area (TPSA) is 90.5 Å². The quantitative estimate of drug-likeness (QED) is 0.563. The Morgan fingerprint density at radius 1 is 1.12 bits per heavy atom. The molecule has 1 atom stereocenters. The van der Waals surface area contributed by atoms with Crippen LogP contribution in [0.3, 0.4) is 0 Å². The lowest BCUT2D eigenvalue weighted by molar-refractivity contribution is -0.129. The van der Waals surface area contributed by atoms with Crippen molar-refractivity contribution in [2.24, 2.45) is 0 Å². The highest BCUT2D eigenvalue weighted by Crippen LogP contribution is 2.41. The van der Waals surface area contributed by atoms with E-state index in [-0.39, 0.29) is 30.3 Å². The lowest BCUT2D eigenvalue weighted by Crippen LogP contribution is -2.44. The normalized spacial score (nSPS) is 18.6. The maximum Gasteiger partial charge on any atom is 0.255 e. The molecule has 0 radical (unpaired) electrons. The number of carbonyl (C=O) groups excluding carboxylic acids is 3. The highest BCUT2D eigenvalue weighted by atomic mass is 16.2. The molecule has 26 heavy (non-hydrogen) atoms. The van der Waals surface area contributed by atoms with Crippen molar-refractivity contribution in [1.29, 1.82) is 0 Å². The Bertz CT molecular complexity index is 687. The highest BCUT2D eigenvalue weighted by Gasteiger charge is 2.47. The number of carbonyl (C=O) groups is 3. The molecule has 1 saturated carbocycles. The minimum absolute atomic E-state index is 0.0853. The fourth-order valence-corrected chi connectivity index (χ4v) is 3.25. The van der Waals surface area contributed by atoms with Gasteiger partial charge in [-0.25, -0.2) is 0 Å². The summed E-state index contributed by atoms with van der Waals surface area (Å²) < 4.78 is 0. The third-order valence-electron chi connectivity index (χ3n) is 4.66. The van der Waals surface area contributed by atoms with Crippen LogP contribution in [0.2, 0.25) is 0 Å². The van der Waals surface area contributed by atoms with Crippen molar-refractivity contribution in [1.82, 2.24) is 20.9 Å². The average molecular weight is 358 g/mol. The highest BCUT2D eigenvalue weighted by molar-refractivity contribution is 6.05. The number of rotatable bonds is 9. The number of nitrogens with one attached hydrogen (secondary N) is 3. The summed E-state index contributed by atoms with van der Waals surface area (Å²) in [5.74, 6) is -0.614. The van der Waals surface area contributed by atoms with Gasteiger partial charge in [-0.2, -0.15) is 0 Å². The van der Waals surface area contributed by atoms with Gasteiger partial charge in [-0.15, -0.1) is 0 Å². The summed E-state index contributed by atoms with van der Waals surface area (Å²) >= 11 is 0. The molecule has 1 aromatic carbocycles. The van der Waals surface area contributed by atoms with Gasteiger partial charge in [0.05, 0.1) is 6.54 Å². The SMILES string of the molecule is CCCNCCNC(=O)CNC(=O)C1c2ccccc2C(=O)N1C1CC1. The minimum atomic E-state index is -0.634. The number of hydrogen-bond acceptors (Lipinski definition) is 4. The molecule has 7 heteroatoms. The van der Waals surface area contributed by atoms with E-state index >= 15 is 0 Å². The number of amides is 3. The first-order chi connectivity index (χ1) is 12.6. The molecule has 1 unspecified atom stereocenters. The van der Waals surface area contributed by atoms with E-state index < -0.39 is 6.04 Å². The van der Waals surface area contributed by atoms with Gasteiger partial charge in [0.2, 0.25) is 11.8 Å². The fraction of sp³-hybridized carbons (Fsp3) is 0.526. The van der Waals surface area contributed by atoms with Crippen LogP contribution in [0.4, 0.5) is 0 Å². The van der Waals surface area contributed by atoms with Gasteiger partial charge in [-0.05, 0) is 37.4 Å². The molecule has 1 aliphatic carbocycles. The van der Waals surface area contributed by atoms with Crippen LogP contribution in [-0.2, 0) is 9.59 Å². The summed E-state index contributed by atoms with van der Waals surface area (Å²) in [6.07, 6.45) is 2.90. The first-order valence-electron chi connectivity index (χ1n) is 9.30. The lowest BCUT2D eigenvalue weighted by Gasteiger charge is -2.24. The van der Waals surface area contributed by atoms with Gasteiger partial charge in [0.1, 0.15) is 6.04 Å². The van der Waals surface area contributed by atoms with Gasteiger partial charge < -0.3 is 20.9 Å². The largest absolute Gasteiger partial charge is 0.353 e. The molecule has 1 fully saturated rings. The van der Waals surface area contributed by atoms with Gasteiger partial charge in [-0.1, -0.05) is 25.1 Å². The smallest absolute Gasteiger partial charge is 0.255 e. The molecule has 2 aliphatic rings. The molecular weight excluding hydrogens is 332 g/mol. The second kappa shape index (κ2) is 8.31. The Balaban J connectivity index is 1.55. The van der Waals surface area contributed by atoms with Crippen LogP contribution < -0.4 is 16.0 Å². The van der Waals surface area contributed by atoms with E-state index in [0.717, 1.165) is 31.4 Å². The summed E-state index contributed by atoms with van der Waals surface area (Å²) in [5, 5.41) is 8.65. The van der Waals surface area contributed by atoms with Gasteiger partial charge >= 0.3 is 0 Å². The number of hydrogen-bond donors (Lipinski definition) is 3. The molecule has 3 amide bonds. The van der Waals surface area contributed by atoms with Crippen LogP contribution in [0.5, 0.6) is 0 Å². The standard InChI is InChI=1S/C19H26N4O3/c1-2-9-20-10-11-21-16(24)12-22-18(25)17-14-5-3-4-6-15(14)19(26)23(17)13-7-8-13/h3-6,13,17,20H,2,7-12H2,1H3,(H,21,24)(H,22,25). The van der Waals surface area contributed by atoms with Crippen LogP contribution in [-0.4, -0.2) is 54.8 Å². The Kier molecular flexibility index (Phi) is 5.88. The van der Waals surface area contributed by atoms with Crippen molar-refractivity contribution in [2.75, 3.05) is 26.2 Å². The predicted molar refractivity (Wildman–Crippen MR) is 97.6 cm³/mol. The van der Waals surface area contributed by atoms with E-state index in [2.05, 4.69) is 22.9 Å². The number of fused-ring (bicyclic) bond motifs is 1. The summed E-state index contributed by atoms with van der Waals surface area (Å²) in [6.45, 7) is 4.13. The van der Waals surface area contributed by atoms with Gasteiger partial charge in [0, 0.05) is 24.7 Å². The summed E-state index contributed by atoms with van der Waals surface area (Å²) in [4.78, 5) is 38.9. The minimum Gasteiger partial charge on any atom is -0.353 e. The second-order valence-electron chi connectivity index (χ2n) is 6.75. The molecule has 1 aromatic rings. The third kappa shape index (κ3) is 4.04. The van der Waals surface area contributed by atoms with Crippen LogP contribution in [0.1, 0.15) is 48.1 Å². The molecule has 7 nitrogen and oxygen atoms in total. The van der Waals surface area contributed by atoms with E-state index in [1.165, 1.54) is 0 Å². The Morgan fingerprint density at radius 3 is 2.62 bits per heavy atom. The molecular formula is C19H26N4O3. The molecule has 3 N–H and O–H groups in total. The lowest BCUT2D eigenvalue weighted by atomic mass is 10.0. The van der Waals surface area contributed by atoms with Gasteiger partial charge in [-0.3, -0.25) is 14.4 Å². The monoisotopic (exact) mass is 358 g/mol. The maximum atomic E-state index is 12.7. The molecule has 1 heterocycles. The zero-order chi connectivity index (χ0) is 18.5. The Morgan fingerprint density at radius 2 is 1.88 bits per heavy atom. The van der Waals surface area contributed by atoms with E-state index in [1.54, 1.807) is 11.0 Å². The van der Waals surface area contributed by atoms with Crippen LogP contribution in [0, 0.1) is 0 Å². The molecule has 140 valence electrons. The Labute approximate surface area is 153 Å². The molecule has 0 bridgehead atoms. The van der Waals surface area contributed by atoms with Crippen LogP contribution in [0.25, 0.3) is 0 Å². The van der Waals surface area contributed by atoms with Gasteiger partial charge in [0.15, 0.2) is 0 Å². The van der Waals surface area contributed by atoms with Crippen molar-refractivity contribution < 1.29 is 14.4 Å². The van der Waals surface area contributed by atoms with Crippen molar-refractivity contribution in [3.8, 4) is 0 Å². The van der Waals surface area contributed by atoms with Crippen molar-refractivity contribution in [3.05, 3.63) is 35.4 Å². The first kappa shape index (κ1) is 18.4. The van der Waals surface area contributed by atoms with Crippen LogP contribution in [0.15, 0.2) is 24.3 Å². The molecule has 3 rings (SSSR count). The van der Waals surface area contributed by atoms with Crippen molar-refractivity contribution in [3.63, 3.8) is 0 Å². The zero-order valence-corrected chi connectivity index (χ0v) is 15.1. The van der Waals surface area contributed by atoms with E-state index in [1.807, 2.05) is 18.2 Å².